The number of benzene rings is 2. The van der Waals surface area contributed by atoms with Crippen LogP contribution in [0.3, 0.4) is 0 Å². The van der Waals surface area contributed by atoms with Gasteiger partial charge in [-0.2, -0.15) is 0 Å². The molecule has 104 valence electrons. The number of hydrogen-bond acceptors (Lipinski definition) is 2. The van der Waals surface area contributed by atoms with Gasteiger partial charge in [0.2, 0.25) is 0 Å². The van der Waals surface area contributed by atoms with Crippen LogP contribution in [0, 0.1) is 0 Å². The molecule has 0 aliphatic heterocycles. The summed E-state index contributed by atoms with van der Waals surface area (Å²) in [5, 5.41) is 0. The highest BCUT2D eigenvalue weighted by molar-refractivity contribution is 5.84. The van der Waals surface area contributed by atoms with Crippen molar-refractivity contribution in [3.8, 4) is 11.5 Å². The number of nitrogens with zero attached hydrogens (tertiary/aromatic N) is 3. The first-order valence-corrected chi connectivity index (χ1v) is 7.20. The Hall–Kier alpha value is -3.14. The molecule has 0 atom stereocenters. The molecular weight excluding hydrogens is 272 g/mol. The molecule has 22 heavy (non-hydrogen) atoms. The summed E-state index contributed by atoms with van der Waals surface area (Å²) >= 11 is 0. The Bertz CT molecular complexity index is 1100. The van der Waals surface area contributed by atoms with Gasteiger partial charge in [0.15, 0.2) is 5.82 Å². The third-order valence-corrected chi connectivity index (χ3v) is 4.00. The van der Waals surface area contributed by atoms with Crippen molar-refractivity contribution in [3.63, 3.8) is 0 Å². The Balaban J connectivity index is 1.89. The Morgan fingerprint density at radius 1 is 0.818 bits per heavy atom. The maximum Gasteiger partial charge on any atom is 0.155 e. The molecule has 0 radical (unpaired) electrons. The Morgan fingerprint density at radius 2 is 1.64 bits per heavy atom. The van der Waals surface area contributed by atoms with Crippen LogP contribution in [0.1, 0.15) is 0 Å². The van der Waals surface area contributed by atoms with E-state index in [2.05, 4.69) is 32.6 Å². The smallest absolute Gasteiger partial charge is 0.155 e. The number of rotatable bonds is 1. The average Bonchev–Trinajstić information content (AvgIpc) is 3.18. The third-order valence-electron chi connectivity index (χ3n) is 4.00. The molecule has 3 heterocycles. The van der Waals surface area contributed by atoms with Crippen molar-refractivity contribution >= 4 is 27.6 Å². The first-order chi connectivity index (χ1) is 10.9. The summed E-state index contributed by atoms with van der Waals surface area (Å²) in [5.74, 6) is 0.873. The van der Waals surface area contributed by atoms with Gasteiger partial charge in [0.1, 0.15) is 0 Å². The van der Waals surface area contributed by atoms with E-state index in [0.29, 0.717) is 0 Å². The quantitative estimate of drug-likeness (QED) is 0.505. The SMILES string of the molecule is c1ccc2[nH]c(-c3ccc4cnc5ccccc5n34)nc2c1. The summed E-state index contributed by atoms with van der Waals surface area (Å²) in [5.41, 5.74) is 6.19. The summed E-state index contributed by atoms with van der Waals surface area (Å²) in [6.07, 6.45) is 1.90. The largest absolute Gasteiger partial charge is 0.337 e. The lowest BCUT2D eigenvalue weighted by Crippen LogP contribution is -1.93. The minimum absolute atomic E-state index is 0.873. The van der Waals surface area contributed by atoms with Gasteiger partial charge in [0, 0.05) is 0 Å². The van der Waals surface area contributed by atoms with Gasteiger partial charge in [-0.1, -0.05) is 24.3 Å². The predicted molar refractivity (Wildman–Crippen MR) is 87.8 cm³/mol. The number of nitrogens with one attached hydrogen (secondary N) is 1. The van der Waals surface area contributed by atoms with Crippen molar-refractivity contribution in [3.05, 3.63) is 66.9 Å². The van der Waals surface area contributed by atoms with Crippen molar-refractivity contribution in [1.82, 2.24) is 19.4 Å². The van der Waals surface area contributed by atoms with Crippen molar-refractivity contribution in [1.29, 1.82) is 0 Å². The van der Waals surface area contributed by atoms with Crippen molar-refractivity contribution in [2.45, 2.75) is 0 Å². The molecule has 0 saturated heterocycles. The number of hydrogen-bond donors (Lipinski definition) is 1. The zero-order valence-electron chi connectivity index (χ0n) is 11.7. The fraction of sp³-hybridized carbons (Fsp3) is 0. The van der Waals surface area contributed by atoms with Crippen LogP contribution < -0.4 is 0 Å². The first kappa shape index (κ1) is 11.5. The van der Waals surface area contributed by atoms with Crippen LogP contribution in [-0.4, -0.2) is 19.4 Å². The number of para-hydroxylation sites is 4. The second-order valence-corrected chi connectivity index (χ2v) is 5.33. The summed E-state index contributed by atoms with van der Waals surface area (Å²) in [7, 11) is 0. The van der Waals surface area contributed by atoms with E-state index in [-0.39, 0.29) is 0 Å². The average molecular weight is 284 g/mol. The van der Waals surface area contributed by atoms with E-state index < -0.39 is 0 Å². The van der Waals surface area contributed by atoms with E-state index in [4.69, 9.17) is 4.98 Å². The molecule has 2 aromatic carbocycles. The van der Waals surface area contributed by atoms with Crippen molar-refractivity contribution < 1.29 is 0 Å². The van der Waals surface area contributed by atoms with E-state index in [0.717, 1.165) is 39.1 Å². The summed E-state index contributed by atoms with van der Waals surface area (Å²) in [4.78, 5) is 12.6. The molecule has 3 aromatic heterocycles. The van der Waals surface area contributed by atoms with Crippen LogP contribution >= 0.6 is 0 Å². The van der Waals surface area contributed by atoms with Crippen LogP contribution in [0.5, 0.6) is 0 Å². The minimum Gasteiger partial charge on any atom is -0.337 e. The van der Waals surface area contributed by atoms with Gasteiger partial charge in [-0.3, -0.25) is 4.98 Å². The second kappa shape index (κ2) is 4.18. The van der Waals surface area contributed by atoms with E-state index >= 15 is 0 Å². The summed E-state index contributed by atoms with van der Waals surface area (Å²) in [6.45, 7) is 0. The maximum atomic E-state index is 4.72. The Morgan fingerprint density at radius 3 is 2.55 bits per heavy atom. The fourth-order valence-electron chi connectivity index (χ4n) is 2.98. The lowest BCUT2D eigenvalue weighted by molar-refractivity contribution is 1.19. The molecule has 0 amide bonds. The second-order valence-electron chi connectivity index (χ2n) is 5.33. The van der Waals surface area contributed by atoms with E-state index in [1.165, 1.54) is 0 Å². The molecule has 0 unspecified atom stereocenters. The standard InChI is InChI=1S/C18H12N4/c1-2-6-14-13(5-1)20-18(21-14)17-10-9-12-11-19-15-7-3-4-8-16(15)22(12)17/h1-11H,(H,20,21). The molecule has 0 saturated carbocycles. The number of H-pyrrole nitrogens is 1. The molecule has 5 aromatic rings. The molecule has 0 bridgehead atoms. The highest BCUT2D eigenvalue weighted by Crippen LogP contribution is 2.26. The molecule has 0 fully saturated rings. The number of fused-ring (bicyclic) bond motifs is 4. The highest BCUT2D eigenvalue weighted by Gasteiger charge is 2.11. The number of aromatic amines is 1. The topological polar surface area (TPSA) is 46.0 Å². The first-order valence-electron chi connectivity index (χ1n) is 7.20. The number of imidazole rings is 1. The van der Waals surface area contributed by atoms with Gasteiger partial charge in [-0.05, 0) is 36.4 Å². The van der Waals surface area contributed by atoms with Crippen molar-refractivity contribution in [2.75, 3.05) is 0 Å². The van der Waals surface area contributed by atoms with E-state index in [1.807, 2.05) is 48.7 Å². The Labute approximate surface area is 126 Å². The molecule has 1 N–H and O–H groups in total. The van der Waals surface area contributed by atoms with E-state index in [9.17, 15) is 0 Å². The number of aromatic nitrogens is 4. The van der Waals surface area contributed by atoms with Crippen LogP contribution in [0.15, 0.2) is 66.9 Å². The molecule has 4 heteroatoms. The fourth-order valence-corrected chi connectivity index (χ4v) is 2.98. The maximum absolute atomic E-state index is 4.72. The third kappa shape index (κ3) is 1.52. The summed E-state index contributed by atoms with van der Waals surface area (Å²) < 4.78 is 2.19. The van der Waals surface area contributed by atoms with Crippen LogP contribution in [0.4, 0.5) is 0 Å². The molecular formula is C18H12N4. The van der Waals surface area contributed by atoms with Crippen LogP contribution in [-0.2, 0) is 0 Å². The van der Waals surface area contributed by atoms with Gasteiger partial charge in [0.05, 0.1) is 39.5 Å². The van der Waals surface area contributed by atoms with E-state index in [1.54, 1.807) is 0 Å². The monoisotopic (exact) mass is 284 g/mol. The van der Waals surface area contributed by atoms with Crippen LogP contribution in [0.2, 0.25) is 0 Å². The minimum atomic E-state index is 0.873. The van der Waals surface area contributed by atoms with Crippen LogP contribution in [0.25, 0.3) is 39.1 Å². The Kier molecular flexibility index (Phi) is 2.19. The lowest BCUT2D eigenvalue weighted by atomic mass is 10.3. The molecule has 4 nitrogen and oxygen atoms in total. The van der Waals surface area contributed by atoms with Crippen molar-refractivity contribution in [2.24, 2.45) is 0 Å². The van der Waals surface area contributed by atoms with Gasteiger partial charge in [-0.25, -0.2) is 4.98 Å². The van der Waals surface area contributed by atoms with Gasteiger partial charge in [0.25, 0.3) is 0 Å². The highest BCUT2D eigenvalue weighted by atomic mass is 15.0. The zero-order valence-corrected chi connectivity index (χ0v) is 11.7. The summed E-state index contributed by atoms with van der Waals surface area (Å²) in [6, 6.07) is 20.4. The normalized spacial score (nSPS) is 11.6. The lowest BCUT2D eigenvalue weighted by Gasteiger charge is -2.05. The van der Waals surface area contributed by atoms with Gasteiger partial charge in [-0.15, -0.1) is 0 Å². The molecule has 5 rings (SSSR count). The van der Waals surface area contributed by atoms with Gasteiger partial charge >= 0.3 is 0 Å². The molecule has 0 aliphatic carbocycles. The zero-order chi connectivity index (χ0) is 14.5. The molecule has 0 aliphatic rings. The van der Waals surface area contributed by atoms with Gasteiger partial charge < -0.3 is 9.38 Å². The molecule has 0 spiro atoms. The predicted octanol–water partition coefficient (Wildman–Crippen LogP) is 4.03.